The number of thiazole rings is 1. The number of aromatic nitrogens is 2. The van der Waals surface area contributed by atoms with Gasteiger partial charge in [0, 0.05) is 18.0 Å². The number of hydrogen-bond donors (Lipinski definition) is 0. The Balaban J connectivity index is 1.77. The average Bonchev–Trinajstić information content (AvgIpc) is 3.20. The fraction of sp³-hybridized carbons (Fsp3) is 0.174. The van der Waals surface area contributed by atoms with Crippen LogP contribution >= 0.6 is 11.3 Å². The van der Waals surface area contributed by atoms with E-state index in [1.807, 2.05) is 31.2 Å². The number of ether oxygens (including phenoxy) is 2. The van der Waals surface area contributed by atoms with Gasteiger partial charge in [0.15, 0.2) is 16.6 Å². The number of nitrogens with zero attached hydrogens (tertiary/aromatic N) is 3. The van der Waals surface area contributed by atoms with Crippen LogP contribution in [-0.4, -0.2) is 30.1 Å². The second-order valence-corrected chi connectivity index (χ2v) is 7.80. The molecule has 0 saturated carbocycles. The van der Waals surface area contributed by atoms with Gasteiger partial charge < -0.3 is 9.47 Å². The van der Waals surface area contributed by atoms with E-state index >= 15 is 0 Å². The second kappa shape index (κ2) is 8.51. The van der Waals surface area contributed by atoms with Crippen LogP contribution in [0.1, 0.15) is 21.5 Å². The molecule has 6 nitrogen and oxygen atoms in total. The number of rotatable bonds is 6. The molecule has 0 aliphatic rings. The molecule has 0 saturated heterocycles. The summed E-state index contributed by atoms with van der Waals surface area (Å²) in [7, 11) is 3.12. The summed E-state index contributed by atoms with van der Waals surface area (Å²) in [6.07, 6.45) is 3.47. The van der Waals surface area contributed by atoms with Crippen LogP contribution < -0.4 is 14.4 Å². The van der Waals surface area contributed by atoms with Gasteiger partial charge in [-0.1, -0.05) is 23.5 Å². The number of pyridine rings is 1. The van der Waals surface area contributed by atoms with Gasteiger partial charge in [0.2, 0.25) is 0 Å². The van der Waals surface area contributed by atoms with Crippen molar-refractivity contribution in [3.63, 3.8) is 0 Å². The van der Waals surface area contributed by atoms with Gasteiger partial charge >= 0.3 is 0 Å². The van der Waals surface area contributed by atoms with Crippen LogP contribution in [0.15, 0.2) is 60.9 Å². The third kappa shape index (κ3) is 3.97. The maximum absolute atomic E-state index is 13.5. The van der Waals surface area contributed by atoms with E-state index in [4.69, 9.17) is 14.5 Å². The second-order valence-electron chi connectivity index (χ2n) is 6.79. The van der Waals surface area contributed by atoms with Gasteiger partial charge in [-0.15, -0.1) is 0 Å². The Morgan fingerprint density at radius 1 is 1.07 bits per heavy atom. The Bertz CT molecular complexity index is 1190. The molecular weight excluding hydrogens is 398 g/mol. The molecule has 0 atom stereocenters. The van der Waals surface area contributed by atoms with E-state index in [1.54, 1.807) is 49.7 Å². The van der Waals surface area contributed by atoms with Gasteiger partial charge in [-0.25, -0.2) is 4.98 Å². The zero-order valence-corrected chi connectivity index (χ0v) is 17.8. The van der Waals surface area contributed by atoms with Crippen molar-refractivity contribution in [3.8, 4) is 11.5 Å². The summed E-state index contributed by atoms with van der Waals surface area (Å²) in [6.45, 7) is 2.40. The number of fused-ring (bicyclic) bond motifs is 1. The molecule has 0 unspecified atom stereocenters. The SMILES string of the molecule is COc1ccc(C(=O)N(Cc2cccnc2)c2nc3ccc(C)cc3s2)cc1OC. The van der Waals surface area contributed by atoms with Gasteiger partial charge in [0.05, 0.1) is 31.0 Å². The highest BCUT2D eigenvalue weighted by molar-refractivity contribution is 7.22. The molecular formula is C23H21N3O3S. The summed E-state index contributed by atoms with van der Waals surface area (Å²) in [6, 6.07) is 15.0. The van der Waals surface area contributed by atoms with E-state index < -0.39 is 0 Å². The fourth-order valence-electron chi connectivity index (χ4n) is 3.16. The van der Waals surface area contributed by atoms with Gasteiger partial charge in [-0.2, -0.15) is 0 Å². The summed E-state index contributed by atoms with van der Waals surface area (Å²) in [5.74, 6) is 0.906. The molecule has 152 valence electrons. The zero-order chi connectivity index (χ0) is 21.1. The van der Waals surface area contributed by atoms with E-state index in [0.29, 0.717) is 28.7 Å². The smallest absolute Gasteiger partial charge is 0.260 e. The molecule has 0 N–H and O–H groups in total. The lowest BCUT2D eigenvalue weighted by Gasteiger charge is -2.20. The molecule has 2 aromatic heterocycles. The standard InChI is InChI=1S/C23H21N3O3S/c1-15-6-8-18-21(11-15)30-23(25-18)26(14-16-5-4-10-24-13-16)22(27)17-7-9-19(28-2)20(12-17)29-3/h4-13H,14H2,1-3H3. The minimum Gasteiger partial charge on any atom is -0.493 e. The molecule has 0 radical (unpaired) electrons. The average molecular weight is 420 g/mol. The van der Waals surface area contributed by atoms with Crippen molar-refractivity contribution in [3.05, 3.63) is 77.6 Å². The molecule has 2 aromatic carbocycles. The molecule has 0 bridgehead atoms. The number of anilines is 1. The molecule has 4 rings (SSSR count). The van der Waals surface area contributed by atoms with Crippen molar-refractivity contribution in [2.75, 3.05) is 19.1 Å². The number of carbonyl (C=O) groups excluding carboxylic acids is 1. The van der Waals surface area contributed by atoms with Crippen molar-refractivity contribution in [1.82, 2.24) is 9.97 Å². The number of aryl methyl sites for hydroxylation is 1. The number of amides is 1. The Labute approximate surface area is 178 Å². The molecule has 0 fully saturated rings. The lowest BCUT2D eigenvalue weighted by molar-refractivity contribution is 0.0984. The molecule has 0 spiro atoms. The van der Waals surface area contributed by atoms with Crippen molar-refractivity contribution in [2.45, 2.75) is 13.5 Å². The normalized spacial score (nSPS) is 10.8. The molecule has 0 aliphatic heterocycles. The number of benzene rings is 2. The van der Waals surface area contributed by atoms with Crippen LogP contribution in [0.25, 0.3) is 10.2 Å². The topological polar surface area (TPSA) is 64.5 Å². The lowest BCUT2D eigenvalue weighted by atomic mass is 10.1. The third-order valence-electron chi connectivity index (χ3n) is 4.70. The first-order chi connectivity index (χ1) is 14.6. The first kappa shape index (κ1) is 19.8. The number of carbonyl (C=O) groups is 1. The minimum atomic E-state index is -0.171. The van der Waals surface area contributed by atoms with E-state index in [0.717, 1.165) is 21.3 Å². The Morgan fingerprint density at radius 3 is 2.63 bits per heavy atom. The van der Waals surface area contributed by atoms with Crippen LogP contribution in [0.2, 0.25) is 0 Å². The highest BCUT2D eigenvalue weighted by Gasteiger charge is 2.23. The third-order valence-corrected chi connectivity index (χ3v) is 5.74. The summed E-state index contributed by atoms with van der Waals surface area (Å²) in [5, 5.41) is 0.638. The first-order valence-corrected chi connectivity index (χ1v) is 10.2. The Hall–Kier alpha value is -3.45. The first-order valence-electron chi connectivity index (χ1n) is 9.39. The molecule has 30 heavy (non-hydrogen) atoms. The van der Waals surface area contributed by atoms with Crippen molar-refractivity contribution < 1.29 is 14.3 Å². The highest BCUT2D eigenvalue weighted by Crippen LogP contribution is 2.33. The number of methoxy groups -OCH3 is 2. The Morgan fingerprint density at radius 2 is 1.90 bits per heavy atom. The maximum atomic E-state index is 13.5. The van der Waals surface area contributed by atoms with E-state index in [2.05, 4.69) is 11.1 Å². The Kier molecular flexibility index (Phi) is 5.63. The van der Waals surface area contributed by atoms with Crippen LogP contribution in [0, 0.1) is 6.92 Å². The number of hydrogen-bond acceptors (Lipinski definition) is 6. The molecule has 2 heterocycles. The van der Waals surface area contributed by atoms with Gasteiger partial charge in [-0.3, -0.25) is 14.7 Å². The fourth-order valence-corrected chi connectivity index (χ4v) is 4.22. The largest absolute Gasteiger partial charge is 0.493 e. The quantitative estimate of drug-likeness (QED) is 0.446. The van der Waals surface area contributed by atoms with Gasteiger partial charge in [0.25, 0.3) is 5.91 Å². The van der Waals surface area contributed by atoms with Crippen molar-refractivity contribution in [1.29, 1.82) is 0 Å². The van der Waals surface area contributed by atoms with Crippen molar-refractivity contribution >= 4 is 32.6 Å². The molecule has 7 heteroatoms. The summed E-state index contributed by atoms with van der Waals surface area (Å²) in [5.41, 5.74) is 3.44. The van der Waals surface area contributed by atoms with Crippen LogP contribution in [-0.2, 0) is 6.54 Å². The van der Waals surface area contributed by atoms with E-state index in [1.165, 1.54) is 11.3 Å². The van der Waals surface area contributed by atoms with Gasteiger partial charge in [0.1, 0.15) is 0 Å². The van der Waals surface area contributed by atoms with E-state index in [9.17, 15) is 4.79 Å². The summed E-state index contributed by atoms with van der Waals surface area (Å²) < 4.78 is 11.7. The van der Waals surface area contributed by atoms with Crippen LogP contribution in [0.4, 0.5) is 5.13 Å². The van der Waals surface area contributed by atoms with Crippen LogP contribution in [0.5, 0.6) is 11.5 Å². The summed E-state index contributed by atoms with van der Waals surface area (Å²) >= 11 is 1.50. The minimum absolute atomic E-state index is 0.171. The van der Waals surface area contributed by atoms with Gasteiger partial charge in [-0.05, 0) is 54.4 Å². The monoisotopic (exact) mass is 419 g/mol. The lowest BCUT2D eigenvalue weighted by Crippen LogP contribution is -2.30. The highest BCUT2D eigenvalue weighted by atomic mass is 32.1. The summed E-state index contributed by atoms with van der Waals surface area (Å²) in [4.78, 5) is 24.1. The molecule has 4 aromatic rings. The molecule has 1 amide bonds. The predicted molar refractivity (Wildman–Crippen MR) is 119 cm³/mol. The zero-order valence-electron chi connectivity index (χ0n) is 17.0. The van der Waals surface area contributed by atoms with E-state index in [-0.39, 0.29) is 5.91 Å². The van der Waals surface area contributed by atoms with Crippen LogP contribution in [0.3, 0.4) is 0 Å². The maximum Gasteiger partial charge on any atom is 0.260 e. The predicted octanol–water partition coefficient (Wildman–Crippen LogP) is 4.86. The van der Waals surface area contributed by atoms with Crippen molar-refractivity contribution in [2.24, 2.45) is 0 Å². The molecule has 0 aliphatic carbocycles.